The highest BCUT2D eigenvalue weighted by Gasteiger charge is 2.08. The molecule has 0 aliphatic carbocycles. The summed E-state index contributed by atoms with van der Waals surface area (Å²) in [6.45, 7) is 1.55. The number of halogens is 2. The number of urea groups is 1. The van der Waals surface area contributed by atoms with Crippen LogP contribution in [-0.2, 0) is 0 Å². The van der Waals surface area contributed by atoms with Gasteiger partial charge in [0, 0.05) is 5.02 Å². The molecule has 1 atom stereocenters. The van der Waals surface area contributed by atoms with E-state index in [4.69, 9.17) is 28.3 Å². The number of aliphatic hydroxyl groups excluding tert-OH is 1. The first-order valence-electron chi connectivity index (χ1n) is 4.66. The van der Waals surface area contributed by atoms with Crippen molar-refractivity contribution >= 4 is 34.9 Å². The Labute approximate surface area is 104 Å². The van der Waals surface area contributed by atoms with Gasteiger partial charge in [0.1, 0.15) is 0 Å². The molecular weight excluding hydrogens is 251 g/mol. The molecule has 0 radical (unpaired) electrons. The molecule has 0 bridgehead atoms. The van der Waals surface area contributed by atoms with E-state index in [1.165, 1.54) is 0 Å². The SMILES string of the molecule is CC(CO)NC(=O)Nc1cc(Cl)ccc1Cl. The molecule has 0 aromatic heterocycles. The van der Waals surface area contributed by atoms with Crippen molar-refractivity contribution in [1.29, 1.82) is 0 Å². The van der Waals surface area contributed by atoms with Gasteiger partial charge >= 0.3 is 6.03 Å². The molecule has 16 heavy (non-hydrogen) atoms. The van der Waals surface area contributed by atoms with Crippen LogP contribution in [0.1, 0.15) is 6.92 Å². The Kier molecular flexibility index (Phi) is 4.86. The highest BCUT2D eigenvalue weighted by molar-refractivity contribution is 6.35. The Hall–Kier alpha value is -0.970. The lowest BCUT2D eigenvalue weighted by molar-refractivity contribution is 0.229. The summed E-state index contributed by atoms with van der Waals surface area (Å²) in [5, 5.41) is 14.7. The molecule has 0 aliphatic rings. The van der Waals surface area contributed by atoms with Gasteiger partial charge in [0.2, 0.25) is 0 Å². The predicted octanol–water partition coefficient (Wildman–Crippen LogP) is 2.50. The number of anilines is 1. The lowest BCUT2D eigenvalue weighted by atomic mass is 10.3. The summed E-state index contributed by atoms with van der Waals surface area (Å²) in [6.07, 6.45) is 0. The van der Waals surface area contributed by atoms with Gasteiger partial charge in [0.05, 0.1) is 23.4 Å². The minimum Gasteiger partial charge on any atom is -0.394 e. The molecule has 88 valence electrons. The van der Waals surface area contributed by atoms with E-state index >= 15 is 0 Å². The maximum atomic E-state index is 11.4. The summed E-state index contributed by atoms with van der Waals surface area (Å²) >= 11 is 11.6. The average Bonchev–Trinajstić information content (AvgIpc) is 2.23. The molecule has 1 aromatic rings. The van der Waals surface area contributed by atoms with E-state index < -0.39 is 6.03 Å². The maximum absolute atomic E-state index is 11.4. The predicted molar refractivity (Wildman–Crippen MR) is 65.2 cm³/mol. The summed E-state index contributed by atoms with van der Waals surface area (Å²) in [5.41, 5.74) is 0.428. The highest BCUT2D eigenvalue weighted by atomic mass is 35.5. The molecule has 0 saturated heterocycles. The molecule has 6 heteroatoms. The summed E-state index contributed by atoms with van der Waals surface area (Å²) in [4.78, 5) is 11.4. The van der Waals surface area contributed by atoms with Crippen LogP contribution in [0.25, 0.3) is 0 Å². The van der Waals surface area contributed by atoms with Gasteiger partial charge in [-0.2, -0.15) is 0 Å². The molecule has 1 rings (SSSR count). The van der Waals surface area contributed by atoms with Crippen LogP contribution in [0.2, 0.25) is 10.0 Å². The van der Waals surface area contributed by atoms with Crippen LogP contribution >= 0.6 is 23.2 Å². The van der Waals surface area contributed by atoms with Gasteiger partial charge in [-0.1, -0.05) is 23.2 Å². The standard InChI is InChI=1S/C10H12Cl2N2O2/c1-6(5-15)13-10(16)14-9-4-7(11)2-3-8(9)12/h2-4,6,15H,5H2,1H3,(H2,13,14,16). The number of benzene rings is 1. The quantitative estimate of drug-likeness (QED) is 0.784. The Morgan fingerprint density at radius 3 is 2.81 bits per heavy atom. The van der Waals surface area contributed by atoms with Crippen LogP contribution < -0.4 is 10.6 Å². The molecule has 4 nitrogen and oxygen atoms in total. The molecule has 0 saturated carbocycles. The summed E-state index contributed by atoms with van der Waals surface area (Å²) in [6, 6.07) is 4.01. The molecule has 0 aliphatic heterocycles. The van der Waals surface area contributed by atoms with Gasteiger partial charge in [0.15, 0.2) is 0 Å². The van der Waals surface area contributed by atoms with Crippen LogP contribution in [0.15, 0.2) is 18.2 Å². The second-order valence-corrected chi connectivity index (χ2v) is 4.15. The van der Waals surface area contributed by atoms with Crippen LogP contribution in [-0.4, -0.2) is 23.8 Å². The number of rotatable bonds is 3. The van der Waals surface area contributed by atoms with Gasteiger partial charge in [-0.3, -0.25) is 0 Å². The highest BCUT2D eigenvalue weighted by Crippen LogP contribution is 2.25. The topological polar surface area (TPSA) is 61.4 Å². The average molecular weight is 263 g/mol. The molecule has 0 spiro atoms. The number of aliphatic hydroxyl groups is 1. The molecule has 1 unspecified atom stereocenters. The van der Waals surface area contributed by atoms with Crippen molar-refractivity contribution in [3.63, 3.8) is 0 Å². The van der Waals surface area contributed by atoms with Crippen molar-refractivity contribution in [2.24, 2.45) is 0 Å². The first-order valence-corrected chi connectivity index (χ1v) is 5.42. The second-order valence-electron chi connectivity index (χ2n) is 3.31. The van der Waals surface area contributed by atoms with Gasteiger partial charge in [0.25, 0.3) is 0 Å². The second kappa shape index (κ2) is 5.94. The number of amides is 2. The maximum Gasteiger partial charge on any atom is 0.319 e. The molecule has 0 heterocycles. The summed E-state index contributed by atoms with van der Waals surface area (Å²) in [7, 11) is 0. The first-order chi connectivity index (χ1) is 7.52. The van der Waals surface area contributed by atoms with E-state index in [9.17, 15) is 4.79 Å². The van der Waals surface area contributed by atoms with E-state index in [0.717, 1.165) is 0 Å². The lowest BCUT2D eigenvalue weighted by Gasteiger charge is -2.12. The molecule has 0 fully saturated rings. The van der Waals surface area contributed by atoms with Crippen LogP contribution in [0.3, 0.4) is 0 Å². The van der Waals surface area contributed by atoms with Gasteiger partial charge in [-0.15, -0.1) is 0 Å². The summed E-state index contributed by atoms with van der Waals surface area (Å²) < 4.78 is 0. The number of carbonyl (C=O) groups excluding carboxylic acids is 1. The Balaban J connectivity index is 2.65. The number of hydrogen-bond donors (Lipinski definition) is 3. The number of carbonyl (C=O) groups is 1. The zero-order chi connectivity index (χ0) is 12.1. The normalized spacial score (nSPS) is 12.0. The zero-order valence-corrected chi connectivity index (χ0v) is 10.1. The summed E-state index contributed by atoms with van der Waals surface area (Å²) in [5.74, 6) is 0. The van der Waals surface area contributed by atoms with Crippen LogP contribution in [0.5, 0.6) is 0 Å². The smallest absolute Gasteiger partial charge is 0.319 e. The van der Waals surface area contributed by atoms with E-state index in [2.05, 4.69) is 10.6 Å². The minimum atomic E-state index is -0.439. The number of nitrogens with one attached hydrogen (secondary N) is 2. The minimum absolute atomic E-state index is 0.128. The van der Waals surface area contributed by atoms with Crippen molar-refractivity contribution in [2.75, 3.05) is 11.9 Å². The van der Waals surface area contributed by atoms with Gasteiger partial charge in [-0.05, 0) is 25.1 Å². The van der Waals surface area contributed by atoms with Crippen molar-refractivity contribution in [2.45, 2.75) is 13.0 Å². The third-order valence-electron chi connectivity index (χ3n) is 1.83. The third-order valence-corrected chi connectivity index (χ3v) is 2.39. The fourth-order valence-corrected chi connectivity index (χ4v) is 1.36. The molecule has 2 amide bonds. The Bertz CT molecular complexity index is 385. The van der Waals surface area contributed by atoms with Gasteiger partial charge in [-0.25, -0.2) is 4.79 Å². The first kappa shape index (κ1) is 13.1. The van der Waals surface area contributed by atoms with Gasteiger partial charge < -0.3 is 15.7 Å². The Morgan fingerprint density at radius 2 is 2.19 bits per heavy atom. The molecule has 1 aromatic carbocycles. The molecule has 3 N–H and O–H groups in total. The van der Waals surface area contributed by atoms with E-state index in [0.29, 0.717) is 15.7 Å². The molecular formula is C10H12Cl2N2O2. The fraction of sp³-hybridized carbons (Fsp3) is 0.300. The van der Waals surface area contributed by atoms with Crippen molar-refractivity contribution in [3.05, 3.63) is 28.2 Å². The largest absolute Gasteiger partial charge is 0.394 e. The van der Waals surface area contributed by atoms with E-state index in [-0.39, 0.29) is 12.6 Å². The fourth-order valence-electron chi connectivity index (χ4n) is 1.02. The van der Waals surface area contributed by atoms with Crippen molar-refractivity contribution in [1.82, 2.24) is 5.32 Å². The van der Waals surface area contributed by atoms with E-state index in [1.54, 1.807) is 25.1 Å². The third kappa shape index (κ3) is 3.89. The Morgan fingerprint density at radius 1 is 1.50 bits per heavy atom. The van der Waals surface area contributed by atoms with Crippen molar-refractivity contribution < 1.29 is 9.90 Å². The van der Waals surface area contributed by atoms with E-state index in [1.807, 2.05) is 0 Å². The number of hydrogen-bond acceptors (Lipinski definition) is 2. The zero-order valence-electron chi connectivity index (χ0n) is 8.63. The lowest BCUT2D eigenvalue weighted by Crippen LogP contribution is -2.38. The van der Waals surface area contributed by atoms with Crippen LogP contribution in [0.4, 0.5) is 10.5 Å². The van der Waals surface area contributed by atoms with Crippen LogP contribution in [0, 0.1) is 0 Å². The monoisotopic (exact) mass is 262 g/mol. The van der Waals surface area contributed by atoms with Crippen molar-refractivity contribution in [3.8, 4) is 0 Å².